The molecule has 1 amide bonds. The molecule has 1 N–H and O–H groups in total. The van der Waals surface area contributed by atoms with E-state index in [4.69, 9.17) is 23.2 Å². The highest BCUT2D eigenvalue weighted by atomic mass is 35.5. The normalized spacial score (nSPS) is 22.4. The van der Waals surface area contributed by atoms with Crippen LogP contribution in [0.3, 0.4) is 0 Å². The lowest BCUT2D eigenvalue weighted by molar-refractivity contribution is -0.129. The SMILES string of the molecule is CC(C)NCCN1C(=O)C(C)SC1c1ccc(Cl)c(Cl)c1. The first-order chi connectivity index (χ1) is 9.90. The predicted molar refractivity (Wildman–Crippen MR) is 91.1 cm³/mol. The zero-order valence-electron chi connectivity index (χ0n) is 12.4. The number of nitrogens with zero attached hydrogens (tertiary/aromatic N) is 1. The Balaban J connectivity index is 2.15. The lowest BCUT2D eigenvalue weighted by Crippen LogP contribution is -2.38. The van der Waals surface area contributed by atoms with Gasteiger partial charge in [-0.2, -0.15) is 0 Å². The zero-order chi connectivity index (χ0) is 15.6. The smallest absolute Gasteiger partial charge is 0.236 e. The van der Waals surface area contributed by atoms with E-state index in [9.17, 15) is 4.79 Å². The van der Waals surface area contributed by atoms with E-state index < -0.39 is 0 Å². The number of nitrogens with one attached hydrogen (secondary N) is 1. The van der Waals surface area contributed by atoms with E-state index in [1.165, 1.54) is 0 Å². The maximum Gasteiger partial charge on any atom is 0.236 e. The Hall–Kier alpha value is -0.420. The van der Waals surface area contributed by atoms with Crippen LogP contribution >= 0.6 is 35.0 Å². The van der Waals surface area contributed by atoms with Gasteiger partial charge in [-0.25, -0.2) is 0 Å². The van der Waals surface area contributed by atoms with Gasteiger partial charge in [-0.1, -0.05) is 43.1 Å². The number of halogens is 2. The first-order valence-electron chi connectivity index (χ1n) is 7.04. The summed E-state index contributed by atoms with van der Waals surface area (Å²) in [6.45, 7) is 7.63. The van der Waals surface area contributed by atoms with Gasteiger partial charge < -0.3 is 10.2 Å². The largest absolute Gasteiger partial charge is 0.324 e. The second-order valence-electron chi connectivity index (χ2n) is 5.44. The molecule has 2 rings (SSSR count). The van der Waals surface area contributed by atoms with Crippen molar-refractivity contribution < 1.29 is 4.79 Å². The quantitative estimate of drug-likeness (QED) is 0.875. The molecule has 2 atom stereocenters. The van der Waals surface area contributed by atoms with E-state index in [0.29, 0.717) is 22.6 Å². The third-order valence-electron chi connectivity index (χ3n) is 3.38. The number of amides is 1. The number of hydrogen-bond donors (Lipinski definition) is 1. The van der Waals surface area contributed by atoms with Gasteiger partial charge in [-0.05, 0) is 24.6 Å². The molecule has 1 aliphatic heterocycles. The molecule has 0 aliphatic carbocycles. The number of benzene rings is 1. The van der Waals surface area contributed by atoms with Gasteiger partial charge in [0.15, 0.2) is 0 Å². The Morgan fingerprint density at radius 3 is 2.67 bits per heavy atom. The molecule has 21 heavy (non-hydrogen) atoms. The third-order valence-corrected chi connectivity index (χ3v) is 5.51. The molecular weight excluding hydrogens is 327 g/mol. The molecule has 1 heterocycles. The van der Waals surface area contributed by atoms with Gasteiger partial charge in [0, 0.05) is 19.1 Å². The van der Waals surface area contributed by atoms with Crippen LogP contribution in [0.1, 0.15) is 31.7 Å². The summed E-state index contributed by atoms with van der Waals surface area (Å²) < 4.78 is 0. The summed E-state index contributed by atoms with van der Waals surface area (Å²) in [6, 6.07) is 6.00. The van der Waals surface area contributed by atoms with Crippen molar-refractivity contribution in [2.45, 2.75) is 37.4 Å². The molecule has 0 aromatic heterocycles. The summed E-state index contributed by atoms with van der Waals surface area (Å²) >= 11 is 13.7. The monoisotopic (exact) mass is 346 g/mol. The van der Waals surface area contributed by atoms with Gasteiger partial charge in [0.2, 0.25) is 5.91 Å². The zero-order valence-corrected chi connectivity index (χ0v) is 14.7. The van der Waals surface area contributed by atoms with Gasteiger partial charge >= 0.3 is 0 Å². The van der Waals surface area contributed by atoms with Crippen molar-refractivity contribution in [1.82, 2.24) is 10.2 Å². The standard InChI is InChI=1S/C15H20Cl2N2OS/c1-9(2)18-6-7-19-14(20)10(3)21-15(19)11-4-5-12(16)13(17)8-11/h4-5,8-10,15,18H,6-7H2,1-3H3. The van der Waals surface area contributed by atoms with E-state index in [-0.39, 0.29) is 16.5 Å². The summed E-state index contributed by atoms with van der Waals surface area (Å²) in [5.74, 6) is 0.182. The van der Waals surface area contributed by atoms with E-state index in [0.717, 1.165) is 12.1 Å². The van der Waals surface area contributed by atoms with E-state index >= 15 is 0 Å². The Morgan fingerprint density at radius 2 is 2.05 bits per heavy atom. The van der Waals surface area contributed by atoms with E-state index in [1.807, 2.05) is 24.0 Å². The minimum Gasteiger partial charge on any atom is -0.324 e. The molecule has 6 heteroatoms. The fourth-order valence-electron chi connectivity index (χ4n) is 2.30. The van der Waals surface area contributed by atoms with Crippen molar-refractivity contribution in [2.24, 2.45) is 0 Å². The highest BCUT2D eigenvalue weighted by Gasteiger charge is 2.38. The molecule has 3 nitrogen and oxygen atoms in total. The highest BCUT2D eigenvalue weighted by molar-refractivity contribution is 8.01. The molecule has 0 bridgehead atoms. The summed E-state index contributed by atoms with van der Waals surface area (Å²) in [6.07, 6.45) is 0. The molecule has 1 aromatic rings. The topological polar surface area (TPSA) is 32.3 Å². The van der Waals surface area contributed by atoms with Crippen LogP contribution < -0.4 is 5.32 Å². The van der Waals surface area contributed by atoms with Gasteiger partial charge in [-0.15, -0.1) is 11.8 Å². The fourth-order valence-corrected chi connectivity index (χ4v) is 3.90. The number of carbonyl (C=O) groups is 1. The fraction of sp³-hybridized carbons (Fsp3) is 0.533. The second-order valence-corrected chi connectivity index (χ2v) is 7.68. The number of hydrogen-bond acceptors (Lipinski definition) is 3. The second kappa shape index (κ2) is 7.23. The molecule has 0 spiro atoms. The van der Waals surface area contributed by atoms with Crippen molar-refractivity contribution >= 4 is 40.9 Å². The Labute approximate surface area is 140 Å². The van der Waals surface area contributed by atoms with Crippen LogP contribution in [0.5, 0.6) is 0 Å². The van der Waals surface area contributed by atoms with Crippen molar-refractivity contribution in [3.63, 3.8) is 0 Å². The lowest BCUT2D eigenvalue weighted by Gasteiger charge is -2.25. The maximum absolute atomic E-state index is 12.3. The van der Waals surface area contributed by atoms with Crippen LogP contribution in [0.4, 0.5) is 0 Å². The Kier molecular flexibility index (Phi) is 5.83. The Morgan fingerprint density at radius 1 is 1.33 bits per heavy atom. The Bertz CT molecular complexity index is 524. The number of thioether (sulfide) groups is 1. The van der Waals surface area contributed by atoms with E-state index in [2.05, 4.69) is 19.2 Å². The summed E-state index contributed by atoms with van der Waals surface area (Å²) in [5, 5.41) is 4.40. The predicted octanol–water partition coefficient (Wildman–Crippen LogP) is 3.95. The maximum atomic E-state index is 12.3. The molecule has 1 saturated heterocycles. The van der Waals surface area contributed by atoms with Gasteiger partial charge in [-0.3, -0.25) is 4.79 Å². The average Bonchev–Trinajstić information content (AvgIpc) is 2.70. The molecular formula is C15H20Cl2N2OS. The van der Waals surface area contributed by atoms with Crippen molar-refractivity contribution in [1.29, 1.82) is 0 Å². The minimum absolute atomic E-state index is 0.0104. The molecule has 0 saturated carbocycles. The highest BCUT2D eigenvalue weighted by Crippen LogP contribution is 2.43. The van der Waals surface area contributed by atoms with Crippen LogP contribution in [-0.2, 0) is 4.79 Å². The average molecular weight is 347 g/mol. The summed E-state index contributed by atoms with van der Waals surface area (Å²) in [4.78, 5) is 14.3. The summed E-state index contributed by atoms with van der Waals surface area (Å²) in [5.41, 5.74) is 1.02. The van der Waals surface area contributed by atoms with Crippen molar-refractivity contribution in [3.8, 4) is 0 Å². The molecule has 116 valence electrons. The molecule has 1 aliphatic rings. The van der Waals surface area contributed by atoms with Crippen LogP contribution in [0, 0.1) is 0 Å². The van der Waals surface area contributed by atoms with Crippen LogP contribution in [0.25, 0.3) is 0 Å². The third kappa shape index (κ3) is 4.07. The molecule has 1 fully saturated rings. The van der Waals surface area contributed by atoms with Crippen LogP contribution in [-0.4, -0.2) is 35.2 Å². The summed E-state index contributed by atoms with van der Waals surface area (Å²) in [7, 11) is 0. The minimum atomic E-state index is -0.0245. The first kappa shape index (κ1) is 16.9. The number of rotatable bonds is 5. The number of carbonyl (C=O) groups excluding carboxylic acids is 1. The molecule has 1 aromatic carbocycles. The van der Waals surface area contributed by atoms with Gasteiger partial charge in [0.25, 0.3) is 0 Å². The first-order valence-corrected chi connectivity index (χ1v) is 8.74. The van der Waals surface area contributed by atoms with E-state index in [1.54, 1.807) is 17.8 Å². The molecule has 0 radical (unpaired) electrons. The van der Waals surface area contributed by atoms with Crippen LogP contribution in [0.15, 0.2) is 18.2 Å². The molecule has 2 unspecified atom stereocenters. The van der Waals surface area contributed by atoms with Gasteiger partial charge in [0.05, 0.1) is 15.3 Å². The lowest BCUT2D eigenvalue weighted by atomic mass is 10.2. The van der Waals surface area contributed by atoms with Crippen molar-refractivity contribution in [2.75, 3.05) is 13.1 Å². The van der Waals surface area contributed by atoms with Gasteiger partial charge in [0.1, 0.15) is 5.37 Å². The van der Waals surface area contributed by atoms with Crippen LogP contribution in [0.2, 0.25) is 10.0 Å². The van der Waals surface area contributed by atoms with Crippen molar-refractivity contribution in [3.05, 3.63) is 33.8 Å².